The summed E-state index contributed by atoms with van der Waals surface area (Å²) in [6, 6.07) is -4.36. The van der Waals surface area contributed by atoms with Crippen LogP contribution in [0.15, 0.2) is 0 Å². The number of hydrogen-bond donors (Lipinski definition) is 4. The lowest BCUT2D eigenvalue weighted by Crippen LogP contribution is -2.61. The Balaban J connectivity index is 1.48. The van der Waals surface area contributed by atoms with Crippen LogP contribution in [0.3, 0.4) is 0 Å². The van der Waals surface area contributed by atoms with Crippen LogP contribution in [0.4, 0.5) is 4.79 Å². The largest absolute Gasteiger partial charge is 0.464 e. The third-order valence-electron chi connectivity index (χ3n) is 9.18. The Bertz CT molecular complexity index is 1110. The molecule has 0 radical (unpaired) electrons. The van der Waals surface area contributed by atoms with Crippen LogP contribution in [-0.2, 0) is 28.7 Å². The number of Topliss-reactive ketones (excluding diaryl/α,β-unsaturated/α-hetero) is 1. The van der Waals surface area contributed by atoms with Crippen molar-refractivity contribution >= 4 is 35.5 Å². The molecule has 4 aliphatic rings. The SMILES string of the molecule is CC(C)C1CCN(C(=O)[C@@H](NC(=O)N[C@H](C(=O)OCC2CC2)C2CC2)C(C)(C)C)[C@@H]1C(=O)NC(CC1CC1)C(=O)C(N)=O. The summed E-state index contributed by atoms with van der Waals surface area (Å²) in [7, 11) is 0. The molecule has 1 heterocycles. The van der Waals surface area contributed by atoms with Crippen molar-refractivity contribution in [2.75, 3.05) is 13.2 Å². The minimum Gasteiger partial charge on any atom is -0.464 e. The van der Waals surface area contributed by atoms with Crippen LogP contribution < -0.4 is 21.7 Å². The van der Waals surface area contributed by atoms with E-state index >= 15 is 0 Å². The van der Waals surface area contributed by atoms with Gasteiger partial charge in [-0.2, -0.15) is 0 Å². The van der Waals surface area contributed by atoms with Gasteiger partial charge in [0.05, 0.1) is 12.6 Å². The summed E-state index contributed by atoms with van der Waals surface area (Å²) in [5, 5.41) is 8.29. The number of esters is 1. The fourth-order valence-electron chi connectivity index (χ4n) is 5.95. The number of ether oxygens (including phenoxy) is 1. The highest BCUT2D eigenvalue weighted by molar-refractivity contribution is 6.37. The molecule has 4 fully saturated rings. The maximum Gasteiger partial charge on any atom is 0.328 e. The van der Waals surface area contributed by atoms with Gasteiger partial charge in [-0.05, 0) is 73.5 Å². The third kappa shape index (κ3) is 8.69. The number of hydrogen-bond acceptors (Lipinski definition) is 7. The Morgan fingerprint density at radius 3 is 2.02 bits per heavy atom. The van der Waals surface area contributed by atoms with Gasteiger partial charge in [-0.15, -0.1) is 0 Å². The normalized spacial score (nSPS) is 24.1. The summed E-state index contributed by atoms with van der Waals surface area (Å²) < 4.78 is 5.44. The second kappa shape index (κ2) is 13.2. The first-order chi connectivity index (χ1) is 20.2. The molecule has 0 aromatic heterocycles. The standard InChI is InChI=1S/C31H49N5O7/c1-16(2)20-12-13-36(23(20)27(39)33-21(14-17-6-7-17)24(37)26(32)38)28(40)25(31(3,4)5)35-30(42)34-22(19-10-11-19)29(41)43-15-18-8-9-18/h16-23,25H,6-15H2,1-5H3,(H2,32,38)(H,33,39)(H2,34,35,42)/t20?,21?,22-,23-,25+/m0/s1. The van der Waals surface area contributed by atoms with Crippen molar-refractivity contribution in [2.24, 2.45) is 40.7 Å². The van der Waals surface area contributed by atoms with Crippen molar-refractivity contribution in [3.05, 3.63) is 0 Å². The molecule has 12 heteroatoms. The van der Waals surface area contributed by atoms with Crippen LogP contribution in [-0.4, -0.2) is 77.7 Å². The average molecular weight is 604 g/mol. The van der Waals surface area contributed by atoms with Gasteiger partial charge >= 0.3 is 12.0 Å². The first-order valence-corrected chi connectivity index (χ1v) is 15.9. The smallest absolute Gasteiger partial charge is 0.328 e. The Hall–Kier alpha value is -3.18. The van der Waals surface area contributed by atoms with Crippen LogP contribution >= 0.6 is 0 Å². The van der Waals surface area contributed by atoms with Gasteiger partial charge in [0.2, 0.25) is 17.6 Å². The molecule has 0 bridgehead atoms. The molecule has 5 atom stereocenters. The molecule has 2 unspecified atom stereocenters. The Morgan fingerprint density at radius 2 is 1.51 bits per heavy atom. The number of likely N-dealkylation sites (tertiary alicyclic amines) is 1. The summed E-state index contributed by atoms with van der Waals surface area (Å²) in [4.78, 5) is 79.6. The third-order valence-corrected chi connectivity index (χ3v) is 9.18. The van der Waals surface area contributed by atoms with Crippen LogP contribution in [0.25, 0.3) is 0 Å². The predicted octanol–water partition coefficient (Wildman–Crippen LogP) is 1.64. The summed E-state index contributed by atoms with van der Waals surface area (Å²) in [6.07, 6.45) is 6.44. The van der Waals surface area contributed by atoms with Crippen molar-refractivity contribution in [3.8, 4) is 0 Å². The van der Waals surface area contributed by atoms with E-state index in [1.165, 1.54) is 4.90 Å². The molecule has 0 aromatic carbocycles. The number of ketones is 1. The van der Waals surface area contributed by atoms with Crippen molar-refractivity contribution in [3.63, 3.8) is 0 Å². The molecular weight excluding hydrogens is 554 g/mol. The lowest BCUT2D eigenvalue weighted by Gasteiger charge is -2.37. The maximum atomic E-state index is 14.1. The van der Waals surface area contributed by atoms with Gasteiger partial charge in [0.1, 0.15) is 18.1 Å². The Morgan fingerprint density at radius 1 is 0.884 bits per heavy atom. The van der Waals surface area contributed by atoms with Crippen molar-refractivity contribution in [1.29, 1.82) is 0 Å². The van der Waals surface area contributed by atoms with Gasteiger partial charge in [-0.1, -0.05) is 47.5 Å². The predicted molar refractivity (Wildman–Crippen MR) is 157 cm³/mol. The number of nitrogens with two attached hydrogens (primary N) is 1. The highest BCUT2D eigenvalue weighted by atomic mass is 16.5. The zero-order chi connectivity index (χ0) is 31.6. The monoisotopic (exact) mass is 603 g/mol. The van der Waals surface area contributed by atoms with E-state index in [0.717, 1.165) is 38.5 Å². The Labute approximate surface area is 253 Å². The van der Waals surface area contributed by atoms with Gasteiger partial charge in [0.15, 0.2) is 0 Å². The highest BCUT2D eigenvalue weighted by Crippen LogP contribution is 2.36. The number of carbonyl (C=O) groups excluding carboxylic acids is 6. The van der Waals surface area contributed by atoms with E-state index in [1.807, 2.05) is 34.6 Å². The molecule has 4 rings (SSSR count). The quantitative estimate of drug-likeness (QED) is 0.172. The molecule has 240 valence electrons. The van der Waals surface area contributed by atoms with Gasteiger partial charge in [0.25, 0.3) is 5.91 Å². The lowest BCUT2D eigenvalue weighted by molar-refractivity contribution is -0.147. The fraction of sp³-hybridized carbons (Fsp3) is 0.806. The molecule has 3 aliphatic carbocycles. The molecule has 0 aromatic rings. The minimum atomic E-state index is -1.10. The van der Waals surface area contributed by atoms with Crippen LogP contribution in [0.2, 0.25) is 0 Å². The molecule has 12 nitrogen and oxygen atoms in total. The zero-order valence-corrected chi connectivity index (χ0v) is 26.1. The number of rotatable bonds is 14. The second-order valence-corrected chi connectivity index (χ2v) is 14.4. The summed E-state index contributed by atoms with van der Waals surface area (Å²) >= 11 is 0. The molecule has 5 N–H and O–H groups in total. The van der Waals surface area contributed by atoms with E-state index in [4.69, 9.17) is 10.5 Å². The van der Waals surface area contributed by atoms with Crippen LogP contribution in [0.1, 0.15) is 86.0 Å². The van der Waals surface area contributed by atoms with Gasteiger partial charge in [-0.3, -0.25) is 19.2 Å². The first kappa shape index (κ1) is 32.7. The molecule has 1 saturated heterocycles. The van der Waals surface area contributed by atoms with E-state index in [9.17, 15) is 28.8 Å². The van der Waals surface area contributed by atoms with Crippen molar-refractivity contribution in [2.45, 2.75) is 110 Å². The number of carbonyl (C=O) groups is 6. The molecule has 3 saturated carbocycles. The number of amides is 5. The molecule has 0 spiro atoms. The van der Waals surface area contributed by atoms with Gasteiger partial charge in [0, 0.05) is 6.54 Å². The number of urea groups is 1. The first-order valence-electron chi connectivity index (χ1n) is 15.9. The summed E-state index contributed by atoms with van der Waals surface area (Å²) in [5.41, 5.74) is 4.54. The molecule has 1 aliphatic heterocycles. The molecular formula is C31H49N5O7. The number of nitrogens with one attached hydrogen (secondary N) is 3. The average Bonchev–Trinajstić information content (AvgIpc) is 3.78. The van der Waals surface area contributed by atoms with E-state index < -0.39 is 65.1 Å². The number of primary amides is 1. The zero-order valence-electron chi connectivity index (χ0n) is 26.1. The summed E-state index contributed by atoms with van der Waals surface area (Å²) in [6.45, 7) is 10.1. The van der Waals surface area contributed by atoms with Gasteiger partial charge < -0.3 is 31.3 Å². The maximum absolute atomic E-state index is 14.1. The summed E-state index contributed by atoms with van der Waals surface area (Å²) in [5.74, 6) is -2.82. The van der Waals surface area contributed by atoms with E-state index in [-0.39, 0.29) is 23.7 Å². The molecule has 43 heavy (non-hydrogen) atoms. The van der Waals surface area contributed by atoms with Crippen LogP contribution in [0, 0.1) is 35.0 Å². The Kier molecular flexibility index (Phi) is 10.1. The topological polar surface area (TPSA) is 177 Å². The lowest BCUT2D eigenvalue weighted by atomic mass is 9.84. The van der Waals surface area contributed by atoms with E-state index in [1.54, 1.807) is 0 Å². The highest BCUT2D eigenvalue weighted by Gasteiger charge is 2.48. The fourth-order valence-corrected chi connectivity index (χ4v) is 5.95. The van der Waals surface area contributed by atoms with E-state index in [0.29, 0.717) is 31.9 Å². The van der Waals surface area contributed by atoms with Crippen LogP contribution in [0.5, 0.6) is 0 Å². The van der Waals surface area contributed by atoms with Crippen molar-refractivity contribution in [1.82, 2.24) is 20.9 Å². The van der Waals surface area contributed by atoms with Gasteiger partial charge in [-0.25, -0.2) is 9.59 Å². The molecule has 5 amide bonds. The second-order valence-electron chi connectivity index (χ2n) is 14.4. The van der Waals surface area contributed by atoms with E-state index in [2.05, 4.69) is 16.0 Å². The van der Waals surface area contributed by atoms with Crippen molar-refractivity contribution < 1.29 is 33.5 Å². The number of nitrogens with zero attached hydrogens (tertiary/aromatic N) is 1. The minimum absolute atomic E-state index is 0.00592.